The maximum absolute atomic E-state index is 2.35. The van der Waals surface area contributed by atoms with Crippen LogP contribution in [0.4, 0.5) is 17.1 Å². The molecule has 3 aromatic carbocycles. The first-order valence-electron chi connectivity index (χ1n) is 11.4. The van der Waals surface area contributed by atoms with Gasteiger partial charge in [0.05, 0.1) is 0 Å². The fraction of sp³-hybridized carbons (Fsp3) is 0.400. The van der Waals surface area contributed by atoms with Gasteiger partial charge >= 0.3 is 0 Å². The summed E-state index contributed by atoms with van der Waals surface area (Å²) < 4.78 is 0. The van der Waals surface area contributed by atoms with Crippen LogP contribution in [-0.4, -0.2) is 0 Å². The van der Waals surface area contributed by atoms with Crippen LogP contribution >= 0.6 is 0 Å². The molecule has 3 rings (SSSR count). The van der Waals surface area contributed by atoms with Crippen molar-refractivity contribution < 1.29 is 0 Å². The number of benzene rings is 3. The van der Waals surface area contributed by atoms with Gasteiger partial charge in [-0.05, 0) is 69.3 Å². The number of nitrogens with zero attached hydrogens (tertiary/aromatic N) is 1. The summed E-state index contributed by atoms with van der Waals surface area (Å²) in [5.41, 5.74) is 8.02. The van der Waals surface area contributed by atoms with E-state index >= 15 is 0 Å². The van der Waals surface area contributed by atoms with Crippen molar-refractivity contribution in [3.05, 3.63) is 89.5 Å². The molecule has 1 nitrogen and oxygen atoms in total. The molecule has 0 spiro atoms. The molecule has 0 amide bonds. The van der Waals surface area contributed by atoms with Gasteiger partial charge in [-0.25, -0.2) is 0 Å². The highest BCUT2D eigenvalue weighted by Gasteiger charge is 2.19. The number of rotatable bonds is 3. The highest BCUT2D eigenvalue weighted by atomic mass is 15.1. The second-order valence-corrected chi connectivity index (χ2v) is 11.7. The van der Waals surface area contributed by atoms with Crippen molar-refractivity contribution in [2.24, 2.45) is 0 Å². The van der Waals surface area contributed by atoms with E-state index in [0.717, 1.165) is 0 Å². The Morgan fingerprint density at radius 1 is 0.355 bits per heavy atom. The normalized spacial score (nSPS) is 12.7. The van der Waals surface area contributed by atoms with E-state index in [0.29, 0.717) is 0 Å². The largest absolute Gasteiger partial charge is 0.311 e. The topological polar surface area (TPSA) is 3.24 Å². The summed E-state index contributed by atoms with van der Waals surface area (Å²) in [7, 11) is 0. The molecule has 0 saturated carbocycles. The predicted molar refractivity (Wildman–Crippen MR) is 137 cm³/mol. The lowest BCUT2D eigenvalue weighted by atomic mass is 9.86. The van der Waals surface area contributed by atoms with E-state index in [2.05, 4.69) is 140 Å². The molecule has 0 fully saturated rings. The fourth-order valence-electron chi connectivity index (χ4n) is 3.78. The summed E-state index contributed by atoms with van der Waals surface area (Å²) >= 11 is 0. The summed E-state index contributed by atoms with van der Waals surface area (Å²) in [4.78, 5) is 2.35. The summed E-state index contributed by atoms with van der Waals surface area (Å²) in [6.45, 7) is 20.3. The van der Waals surface area contributed by atoms with Gasteiger partial charge in [0.2, 0.25) is 0 Å². The van der Waals surface area contributed by atoms with E-state index in [-0.39, 0.29) is 16.2 Å². The van der Waals surface area contributed by atoms with E-state index < -0.39 is 0 Å². The third-order valence-corrected chi connectivity index (χ3v) is 5.97. The second-order valence-electron chi connectivity index (χ2n) is 11.7. The van der Waals surface area contributed by atoms with Crippen LogP contribution in [-0.2, 0) is 16.2 Å². The van der Waals surface area contributed by atoms with Crippen LogP contribution in [0.5, 0.6) is 0 Å². The Morgan fingerprint density at radius 3 is 0.710 bits per heavy atom. The number of anilines is 3. The molecule has 164 valence electrons. The van der Waals surface area contributed by atoms with Crippen molar-refractivity contribution in [3.63, 3.8) is 0 Å². The standard InChI is InChI=1S/C30H39N/c1-28(2,3)22-10-16-25(17-11-22)31(26-18-12-23(13-19-26)29(4,5)6)27-20-14-24(15-21-27)30(7,8)9/h10-21H,1-9H3. The Bertz CT molecular complexity index is 850. The molecule has 0 unspecified atom stereocenters. The zero-order chi connectivity index (χ0) is 23.0. The van der Waals surface area contributed by atoms with Gasteiger partial charge in [-0.15, -0.1) is 0 Å². The van der Waals surface area contributed by atoms with E-state index in [1.165, 1.54) is 33.8 Å². The molecule has 0 aliphatic heterocycles. The lowest BCUT2D eigenvalue weighted by molar-refractivity contribution is 0.590. The minimum Gasteiger partial charge on any atom is -0.311 e. The molecule has 0 aliphatic carbocycles. The molecule has 0 heterocycles. The Hall–Kier alpha value is -2.54. The average molecular weight is 414 g/mol. The zero-order valence-electron chi connectivity index (χ0n) is 20.9. The first-order chi connectivity index (χ1) is 14.3. The number of hydrogen-bond donors (Lipinski definition) is 0. The van der Waals surface area contributed by atoms with Crippen LogP contribution in [0, 0.1) is 0 Å². The van der Waals surface area contributed by atoms with Crippen molar-refractivity contribution in [1.29, 1.82) is 0 Å². The van der Waals surface area contributed by atoms with Gasteiger partial charge in [-0.1, -0.05) is 98.7 Å². The quantitative estimate of drug-likeness (QED) is 0.414. The summed E-state index contributed by atoms with van der Waals surface area (Å²) in [5.74, 6) is 0. The van der Waals surface area contributed by atoms with Crippen LogP contribution in [0.1, 0.15) is 79.0 Å². The van der Waals surface area contributed by atoms with Crippen molar-refractivity contribution in [1.82, 2.24) is 0 Å². The minimum absolute atomic E-state index is 0.145. The van der Waals surface area contributed by atoms with Gasteiger partial charge in [-0.2, -0.15) is 0 Å². The summed E-state index contributed by atoms with van der Waals surface area (Å²) in [6, 6.07) is 27.0. The van der Waals surface area contributed by atoms with Gasteiger partial charge < -0.3 is 4.90 Å². The molecule has 0 bridgehead atoms. The molecule has 0 atom stereocenters. The molecular weight excluding hydrogens is 374 g/mol. The van der Waals surface area contributed by atoms with Gasteiger partial charge in [-0.3, -0.25) is 0 Å². The van der Waals surface area contributed by atoms with Gasteiger partial charge in [0.25, 0.3) is 0 Å². The SMILES string of the molecule is CC(C)(C)c1ccc(N(c2ccc(C(C)(C)C)cc2)c2ccc(C(C)(C)C)cc2)cc1. The van der Waals surface area contributed by atoms with Crippen molar-refractivity contribution in [2.45, 2.75) is 78.6 Å². The highest BCUT2D eigenvalue weighted by molar-refractivity contribution is 5.77. The fourth-order valence-corrected chi connectivity index (χ4v) is 3.78. The molecule has 3 aromatic rings. The predicted octanol–water partition coefficient (Wildman–Crippen LogP) is 9.05. The lowest BCUT2D eigenvalue weighted by Crippen LogP contribution is -2.15. The van der Waals surface area contributed by atoms with E-state index in [4.69, 9.17) is 0 Å². The van der Waals surface area contributed by atoms with Crippen LogP contribution < -0.4 is 4.90 Å². The first-order valence-corrected chi connectivity index (χ1v) is 11.4. The molecule has 0 saturated heterocycles. The average Bonchev–Trinajstić information content (AvgIpc) is 2.67. The summed E-state index contributed by atoms with van der Waals surface area (Å²) in [6.07, 6.45) is 0. The Kier molecular flexibility index (Phi) is 6.11. The van der Waals surface area contributed by atoms with Gasteiger partial charge in [0, 0.05) is 17.1 Å². The molecular formula is C30H39N. The molecule has 0 N–H and O–H groups in total. The third-order valence-electron chi connectivity index (χ3n) is 5.97. The monoisotopic (exact) mass is 413 g/mol. The first kappa shape index (κ1) is 23.1. The Labute approximate surface area is 190 Å². The molecule has 1 heteroatoms. The lowest BCUT2D eigenvalue weighted by Gasteiger charge is -2.29. The van der Waals surface area contributed by atoms with Gasteiger partial charge in [0.15, 0.2) is 0 Å². The highest BCUT2D eigenvalue weighted by Crippen LogP contribution is 2.37. The molecule has 31 heavy (non-hydrogen) atoms. The third kappa shape index (κ3) is 5.39. The Balaban J connectivity index is 2.08. The summed E-state index contributed by atoms with van der Waals surface area (Å²) in [5, 5.41) is 0. The van der Waals surface area contributed by atoms with Crippen LogP contribution in [0.25, 0.3) is 0 Å². The van der Waals surface area contributed by atoms with E-state index in [1.54, 1.807) is 0 Å². The van der Waals surface area contributed by atoms with E-state index in [1.807, 2.05) is 0 Å². The molecule has 0 aromatic heterocycles. The van der Waals surface area contributed by atoms with Crippen LogP contribution in [0.3, 0.4) is 0 Å². The van der Waals surface area contributed by atoms with Crippen LogP contribution in [0.2, 0.25) is 0 Å². The number of hydrogen-bond acceptors (Lipinski definition) is 1. The maximum Gasteiger partial charge on any atom is 0.0461 e. The van der Waals surface area contributed by atoms with Crippen molar-refractivity contribution >= 4 is 17.1 Å². The smallest absolute Gasteiger partial charge is 0.0461 e. The zero-order valence-corrected chi connectivity index (χ0v) is 20.9. The van der Waals surface area contributed by atoms with Crippen LogP contribution in [0.15, 0.2) is 72.8 Å². The molecule has 0 radical (unpaired) electrons. The Morgan fingerprint density at radius 2 is 0.548 bits per heavy atom. The minimum atomic E-state index is 0.145. The van der Waals surface area contributed by atoms with Gasteiger partial charge in [0.1, 0.15) is 0 Å². The van der Waals surface area contributed by atoms with Crippen molar-refractivity contribution in [2.75, 3.05) is 4.90 Å². The maximum atomic E-state index is 2.35. The van der Waals surface area contributed by atoms with E-state index in [9.17, 15) is 0 Å². The second kappa shape index (κ2) is 8.19. The van der Waals surface area contributed by atoms with Crippen molar-refractivity contribution in [3.8, 4) is 0 Å². The molecule has 0 aliphatic rings.